The fourth-order valence-corrected chi connectivity index (χ4v) is 1.25. The van der Waals surface area contributed by atoms with E-state index >= 15 is 0 Å². The van der Waals surface area contributed by atoms with Gasteiger partial charge in [0.1, 0.15) is 0 Å². The number of nitrogens with zero attached hydrogens (tertiary/aromatic N) is 1. The molecule has 0 heterocycles. The second-order valence-corrected chi connectivity index (χ2v) is 2.95. The average molecular weight is 194 g/mol. The molecule has 0 saturated heterocycles. The largest absolute Gasteiger partial charge is 0.395 e. The van der Waals surface area contributed by atoms with Gasteiger partial charge in [0.25, 0.3) is 0 Å². The standard InChI is InChI=1S/C10H14N2O2/c11-10(14)8-12(6-7-13)9-4-2-1-3-5-9/h1-5,13H,6-8H2,(H2,11,14). The monoisotopic (exact) mass is 194 g/mol. The molecule has 0 bridgehead atoms. The van der Waals surface area contributed by atoms with Gasteiger partial charge in [-0.15, -0.1) is 0 Å². The topological polar surface area (TPSA) is 66.6 Å². The number of carbonyl (C=O) groups excluding carboxylic acids is 1. The lowest BCUT2D eigenvalue weighted by molar-refractivity contribution is -0.116. The van der Waals surface area contributed by atoms with Crippen LogP contribution in [0.5, 0.6) is 0 Å². The number of amides is 1. The molecule has 0 aromatic heterocycles. The molecule has 0 spiro atoms. The van der Waals surface area contributed by atoms with E-state index in [9.17, 15) is 4.79 Å². The molecule has 0 aliphatic carbocycles. The zero-order chi connectivity index (χ0) is 10.4. The van der Waals surface area contributed by atoms with Crippen molar-refractivity contribution in [3.05, 3.63) is 30.3 Å². The minimum absolute atomic E-state index is 0.00216. The van der Waals surface area contributed by atoms with Crippen LogP contribution in [0.1, 0.15) is 0 Å². The minimum atomic E-state index is -0.401. The molecule has 0 radical (unpaired) electrons. The average Bonchev–Trinajstić information content (AvgIpc) is 2.18. The van der Waals surface area contributed by atoms with Gasteiger partial charge in [0, 0.05) is 12.2 Å². The number of hydrogen-bond acceptors (Lipinski definition) is 3. The third kappa shape index (κ3) is 3.06. The van der Waals surface area contributed by atoms with Gasteiger partial charge in [-0.3, -0.25) is 4.79 Å². The van der Waals surface area contributed by atoms with Crippen LogP contribution in [0.2, 0.25) is 0 Å². The Kier molecular flexibility index (Phi) is 3.94. The van der Waals surface area contributed by atoms with E-state index < -0.39 is 5.91 Å². The molecule has 4 heteroatoms. The summed E-state index contributed by atoms with van der Waals surface area (Å²) in [5.74, 6) is -0.401. The van der Waals surface area contributed by atoms with Gasteiger partial charge < -0.3 is 15.7 Å². The normalized spacial score (nSPS) is 9.79. The number of rotatable bonds is 5. The molecular weight excluding hydrogens is 180 g/mol. The van der Waals surface area contributed by atoms with Crippen LogP contribution in [0.4, 0.5) is 5.69 Å². The van der Waals surface area contributed by atoms with E-state index in [0.29, 0.717) is 6.54 Å². The molecule has 76 valence electrons. The fraction of sp³-hybridized carbons (Fsp3) is 0.300. The van der Waals surface area contributed by atoms with Gasteiger partial charge in [-0.1, -0.05) is 18.2 Å². The number of carbonyl (C=O) groups is 1. The summed E-state index contributed by atoms with van der Waals surface area (Å²) < 4.78 is 0. The summed E-state index contributed by atoms with van der Waals surface area (Å²) in [6.07, 6.45) is 0. The zero-order valence-electron chi connectivity index (χ0n) is 7.89. The van der Waals surface area contributed by atoms with Crippen LogP contribution in [-0.4, -0.2) is 30.7 Å². The van der Waals surface area contributed by atoms with Crippen molar-refractivity contribution in [1.82, 2.24) is 0 Å². The van der Waals surface area contributed by atoms with Crippen LogP contribution < -0.4 is 10.6 Å². The third-order valence-corrected chi connectivity index (χ3v) is 1.84. The number of benzene rings is 1. The number of anilines is 1. The van der Waals surface area contributed by atoms with Gasteiger partial charge in [-0.25, -0.2) is 0 Å². The van der Waals surface area contributed by atoms with Crippen molar-refractivity contribution in [2.75, 3.05) is 24.6 Å². The molecule has 0 unspecified atom stereocenters. The Morgan fingerprint density at radius 3 is 2.50 bits per heavy atom. The van der Waals surface area contributed by atoms with Crippen LogP contribution >= 0.6 is 0 Å². The van der Waals surface area contributed by atoms with Crippen LogP contribution in [-0.2, 0) is 4.79 Å². The predicted octanol–water partition coefficient (Wildman–Crippen LogP) is -0.0294. The molecule has 0 atom stereocenters. The van der Waals surface area contributed by atoms with Crippen molar-refractivity contribution < 1.29 is 9.90 Å². The van der Waals surface area contributed by atoms with Gasteiger partial charge in [0.05, 0.1) is 13.2 Å². The van der Waals surface area contributed by atoms with Gasteiger partial charge in [-0.2, -0.15) is 0 Å². The highest BCUT2D eigenvalue weighted by Gasteiger charge is 2.07. The predicted molar refractivity (Wildman–Crippen MR) is 54.9 cm³/mol. The number of nitrogens with two attached hydrogens (primary N) is 1. The highest BCUT2D eigenvalue weighted by atomic mass is 16.3. The summed E-state index contributed by atoms with van der Waals surface area (Å²) in [7, 11) is 0. The van der Waals surface area contributed by atoms with Crippen LogP contribution in [0.25, 0.3) is 0 Å². The Labute approximate surface area is 82.9 Å². The Bertz CT molecular complexity index is 287. The Morgan fingerprint density at radius 1 is 1.36 bits per heavy atom. The number of para-hydroxylation sites is 1. The molecule has 1 aromatic carbocycles. The van der Waals surface area contributed by atoms with Crippen molar-refractivity contribution >= 4 is 11.6 Å². The molecule has 1 aromatic rings. The smallest absolute Gasteiger partial charge is 0.236 e. The summed E-state index contributed by atoms with van der Waals surface area (Å²) in [4.78, 5) is 12.5. The first-order valence-corrected chi connectivity index (χ1v) is 4.43. The Morgan fingerprint density at radius 2 is 2.00 bits per heavy atom. The van der Waals surface area contributed by atoms with Crippen LogP contribution in [0, 0.1) is 0 Å². The lowest BCUT2D eigenvalue weighted by atomic mass is 10.3. The summed E-state index contributed by atoms with van der Waals surface area (Å²) in [5, 5.41) is 8.82. The maximum Gasteiger partial charge on any atom is 0.236 e. The first-order valence-electron chi connectivity index (χ1n) is 4.43. The third-order valence-electron chi connectivity index (χ3n) is 1.84. The van der Waals surface area contributed by atoms with Gasteiger partial charge in [0.2, 0.25) is 5.91 Å². The second kappa shape index (κ2) is 5.24. The van der Waals surface area contributed by atoms with E-state index in [1.54, 1.807) is 4.90 Å². The zero-order valence-corrected chi connectivity index (χ0v) is 7.89. The molecule has 14 heavy (non-hydrogen) atoms. The molecule has 1 amide bonds. The van der Waals surface area contributed by atoms with Crippen molar-refractivity contribution in [2.45, 2.75) is 0 Å². The fourth-order valence-electron chi connectivity index (χ4n) is 1.25. The molecule has 3 N–H and O–H groups in total. The number of primary amides is 1. The van der Waals surface area contributed by atoms with E-state index in [2.05, 4.69) is 0 Å². The van der Waals surface area contributed by atoms with Gasteiger partial charge in [-0.05, 0) is 12.1 Å². The van der Waals surface area contributed by atoms with Crippen molar-refractivity contribution in [1.29, 1.82) is 0 Å². The molecule has 0 aliphatic heterocycles. The Balaban J connectivity index is 2.72. The maximum absolute atomic E-state index is 10.8. The van der Waals surface area contributed by atoms with Crippen molar-refractivity contribution in [3.63, 3.8) is 0 Å². The summed E-state index contributed by atoms with van der Waals surface area (Å²) in [6.45, 7) is 0.541. The first-order chi connectivity index (χ1) is 6.74. The minimum Gasteiger partial charge on any atom is -0.395 e. The first kappa shape index (κ1) is 10.5. The lowest BCUT2D eigenvalue weighted by Gasteiger charge is -2.21. The van der Waals surface area contributed by atoms with Crippen LogP contribution in [0.3, 0.4) is 0 Å². The molecule has 4 nitrogen and oxygen atoms in total. The van der Waals surface area contributed by atoms with E-state index in [4.69, 9.17) is 10.8 Å². The summed E-state index contributed by atoms with van der Waals surface area (Å²) in [5.41, 5.74) is 5.99. The molecule has 0 saturated carbocycles. The maximum atomic E-state index is 10.8. The second-order valence-electron chi connectivity index (χ2n) is 2.95. The molecular formula is C10H14N2O2. The van der Waals surface area contributed by atoms with E-state index in [1.807, 2.05) is 30.3 Å². The SMILES string of the molecule is NC(=O)CN(CCO)c1ccccc1. The number of hydrogen-bond donors (Lipinski definition) is 2. The van der Waals surface area contributed by atoms with Crippen molar-refractivity contribution in [2.24, 2.45) is 5.73 Å². The molecule has 0 aliphatic rings. The van der Waals surface area contributed by atoms with Gasteiger partial charge in [0.15, 0.2) is 0 Å². The molecule has 1 rings (SSSR count). The van der Waals surface area contributed by atoms with E-state index in [1.165, 1.54) is 0 Å². The molecule has 0 fully saturated rings. The van der Waals surface area contributed by atoms with Crippen LogP contribution in [0.15, 0.2) is 30.3 Å². The quantitative estimate of drug-likeness (QED) is 0.691. The van der Waals surface area contributed by atoms with Crippen molar-refractivity contribution in [3.8, 4) is 0 Å². The highest BCUT2D eigenvalue weighted by molar-refractivity contribution is 5.79. The summed E-state index contributed by atoms with van der Waals surface area (Å²) >= 11 is 0. The number of aliphatic hydroxyl groups excluding tert-OH is 1. The van der Waals surface area contributed by atoms with E-state index in [0.717, 1.165) is 5.69 Å². The Hall–Kier alpha value is -1.55. The van der Waals surface area contributed by atoms with E-state index in [-0.39, 0.29) is 13.2 Å². The highest BCUT2D eigenvalue weighted by Crippen LogP contribution is 2.11. The summed E-state index contributed by atoms with van der Waals surface area (Å²) in [6, 6.07) is 9.39. The number of aliphatic hydroxyl groups is 1. The lowest BCUT2D eigenvalue weighted by Crippen LogP contribution is -2.35. The van der Waals surface area contributed by atoms with Gasteiger partial charge >= 0.3 is 0 Å².